The van der Waals surface area contributed by atoms with Gasteiger partial charge in [0.15, 0.2) is 0 Å². The molecule has 1 saturated heterocycles. The maximum absolute atomic E-state index is 13.1. The Hall–Kier alpha value is -1.55. The maximum Gasteiger partial charge on any atom is 0.240 e. The molecule has 5 heteroatoms. The van der Waals surface area contributed by atoms with Gasteiger partial charge in [0.05, 0.1) is 12.6 Å². The van der Waals surface area contributed by atoms with Crippen LogP contribution in [-0.2, 0) is 4.79 Å². The van der Waals surface area contributed by atoms with Crippen LogP contribution in [0, 0.1) is 5.82 Å². The summed E-state index contributed by atoms with van der Waals surface area (Å²) in [6.07, 6.45) is 0. The first-order valence-electron chi connectivity index (χ1n) is 4.75. The van der Waals surface area contributed by atoms with Crippen molar-refractivity contribution in [1.29, 1.82) is 0 Å². The second-order valence-corrected chi connectivity index (χ2v) is 3.95. The smallest absolute Gasteiger partial charge is 0.240 e. The van der Waals surface area contributed by atoms with Crippen molar-refractivity contribution in [3.8, 4) is 0 Å². The fraction of sp³-hybridized carbons (Fsp3) is 0.182. The van der Waals surface area contributed by atoms with Gasteiger partial charge in [0, 0.05) is 16.3 Å². The molecule has 0 spiro atoms. The summed E-state index contributed by atoms with van der Waals surface area (Å²) in [6, 6.07) is 3.54. The van der Waals surface area contributed by atoms with E-state index in [1.165, 1.54) is 18.2 Å². The third-order valence-electron chi connectivity index (χ3n) is 2.40. The minimum absolute atomic E-state index is 0.169. The van der Waals surface area contributed by atoms with E-state index in [1.54, 1.807) is 0 Å². The van der Waals surface area contributed by atoms with Gasteiger partial charge in [-0.05, 0) is 18.2 Å². The van der Waals surface area contributed by atoms with Crippen LogP contribution in [0.1, 0.15) is 11.6 Å². The monoisotopic (exact) mass is 240 g/mol. The van der Waals surface area contributed by atoms with Crippen molar-refractivity contribution in [1.82, 2.24) is 10.6 Å². The van der Waals surface area contributed by atoms with Crippen molar-refractivity contribution < 1.29 is 9.18 Å². The second-order valence-electron chi connectivity index (χ2n) is 3.55. The molecule has 1 fully saturated rings. The van der Waals surface area contributed by atoms with E-state index in [9.17, 15) is 9.18 Å². The molecule has 1 aromatic rings. The molecule has 1 unspecified atom stereocenters. The zero-order chi connectivity index (χ0) is 11.7. The molecule has 84 valence electrons. The van der Waals surface area contributed by atoms with E-state index in [2.05, 4.69) is 17.2 Å². The molecule has 0 radical (unpaired) electrons. The lowest BCUT2D eigenvalue weighted by Crippen LogP contribution is -2.45. The van der Waals surface area contributed by atoms with Crippen molar-refractivity contribution >= 4 is 17.5 Å². The first kappa shape index (κ1) is 11.0. The first-order valence-corrected chi connectivity index (χ1v) is 5.12. The Morgan fingerprint density at radius 2 is 2.25 bits per heavy atom. The van der Waals surface area contributed by atoms with Crippen LogP contribution in [0.3, 0.4) is 0 Å². The molecule has 1 atom stereocenters. The SMILES string of the molecule is C=C1NCC(=O)NC1c1cc(F)ccc1Cl. The average molecular weight is 241 g/mol. The molecule has 1 aliphatic heterocycles. The Labute approximate surface area is 97.3 Å². The summed E-state index contributed by atoms with van der Waals surface area (Å²) in [5.74, 6) is -0.565. The summed E-state index contributed by atoms with van der Waals surface area (Å²) < 4.78 is 13.1. The minimum Gasteiger partial charge on any atom is -0.378 e. The van der Waals surface area contributed by atoms with Gasteiger partial charge in [0.1, 0.15) is 5.82 Å². The van der Waals surface area contributed by atoms with Crippen molar-refractivity contribution in [2.24, 2.45) is 0 Å². The van der Waals surface area contributed by atoms with Crippen LogP contribution in [-0.4, -0.2) is 12.5 Å². The van der Waals surface area contributed by atoms with E-state index in [-0.39, 0.29) is 12.5 Å². The standard InChI is InChI=1S/C11H10ClFN2O/c1-6-11(15-10(16)5-14-6)8-4-7(13)2-3-9(8)12/h2-4,11,14H,1,5H2,(H,15,16). The lowest BCUT2D eigenvalue weighted by Gasteiger charge is -2.28. The van der Waals surface area contributed by atoms with Gasteiger partial charge in [-0.1, -0.05) is 18.2 Å². The highest BCUT2D eigenvalue weighted by atomic mass is 35.5. The zero-order valence-electron chi connectivity index (χ0n) is 8.39. The molecule has 0 aliphatic carbocycles. The molecule has 3 nitrogen and oxygen atoms in total. The molecule has 0 aromatic heterocycles. The van der Waals surface area contributed by atoms with Crippen LogP contribution in [0.25, 0.3) is 0 Å². The van der Waals surface area contributed by atoms with Gasteiger partial charge in [-0.15, -0.1) is 0 Å². The van der Waals surface area contributed by atoms with Gasteiger partial charge in [-0.2, -0.15) is 0 Å². The van der Waals surface area contributed by atoms with Crippen LogP contribution in [0.15, 0.2) is 30.5 Å². The average Bonchev–Trinajstić information content (AvgIpc) is 2.25. The summed E-state index contributed by atoms with van der Waals surface area (Å²) in [7, 11) is 0. The summed E-state index contributed by atoms with van der Waals surface area (Å²) in [6.45, 7) is 3.95. The highest BCUT2D eigenvalue weighted by Crippen LogP contribution is 2.28. The highest BCUT2D eigenvalue weighted by molar-refractivity contribution is 6.31. The van der Waals surface area contributed by atoms with Gasteiger partial charge >= 0.3 is 0 Å². The van der Waals surface area contributed by atoms with E-state index in [1.807, 2.05) is 0 Å². The normalized spacial score (nSPS) is 20.2. The number of piperazine rings is 1. The van der Waals surface area contributed by atoms with Gasteiger partial charge < -0.3 is 10.6 Å². The van der Waals surface area contributed by atoms with E-state index in [4.69, 9.17) is 11.6 Å². The molecule has 1 aromatic carbocycles. The van der Waals surface area contributed by atoms with Gasteiger partial charge in [-0.25, -0.2) is 4.39 Å². The number of halogens is 2. The number of nitrogens with one attached hydrogen (secondary N) is 2. The van der Waals surface area contributed by atoms with Gasteiger partial charge in [-0.3, -0.25) is 4.79 Å². The predicted octanol–water partition coefficient (Wildman–Crippen LogP) is 1.75. The first-order chi connectivity index (χ1) is 7.58. The van der Waals surface area contributed by atoms with Crippen LogP contribution >= 0.6 is 11.6 Å². The maximum atomic E-state index is 13.1. The zero-order valence-corrected chi connectivity index (χ0v) is 9.14. The molecule has 0 bridgehead atoms. The number of carbonyl (C=O) groups excluding carboxylic acids is 1. The Kier molecular flexibility index (Phi) is 2.83. The topological polar surface area (TPSA) is 41.1 Å². The van der Waals surface area contributed by atoms with Crippen molar-refractivity contribution in [2.75, 3.05) is 6.54 Å². The van der Waals surface area contributed by atoms with Crippen LogP contribution in [0.2, 0.25) is 5.02 Å². The molecule has 1 aliphatic rings. The Morgan fingerprint density at radius 3 is 3.00 bits per heavy atom. The quantitative estimate of drug-likeness (QED) is 0.785. The number of amides is 1. The van der Waals surface area contributed by atoms with Crippen molar-refractivity contribution in [3.63, 3.8) is 0 Å². The van der Waals surface area contributed by atoms with Gasteiger partial charge in [0.25, 0.3) is 0 Å². The predicted molar refractivity (Wildman–Crippen MR) is 59.4 cm³/mol. The largest absolute Gasteiger partial charge is 0.378 e. The van der Waals surface area contributed by atoms with E-state index in [0.29, 0.717) is 16.3 Å². The lowest BCUT2D eigenvalue weighted by atomic mass is 10.0. The number of carbonyl (C=O) groups is 1. The Balaban J connectivity index is 2.38. The molecule has 16 heavy (non-hydrogen) atoms. The number of benzene rings is 1. The summed E-state index contributed by atoms with van der Waals surface area (Å²) in [4.78, 5) is 11.2. The molecule has 1 amide bonds. The summed E-state index contributed by atoms with van der Waals surface area (Å²) >= 11 is 5.96. The molecule has 2 N–H and O–H groups in total. The Morgan fingerprint density at radius 1 is 1.50 bits per heavy atom. The van der Waals surface area contributed by atoms with E-state index >= 15 is 0 Å². The number of hydrogen-bond acceptors (Lipinski definition) is 2. The van der Waals surface area contributed by atoms with Crippen LogP contribution in [0.5, 0.6) is 0 Å². The van der Waals surface area contributed by atoms with Crippen molar-refractivity contribution in [3.05, 3.63) is 46.9 Å². The molecule has 2 rings (SSSR count). The summed E-state index contributed by atoms with van der Waals surface area (Å²) in [5.41, 5.74) is 1.11. The second kappa shape index (κ2) is 4.14. The Bertz CT molecular complexity index is 461. The van der Waals surface area contributed by atoms with Gasteiger partial charge in [0.2, 0.25) is 5.91 Å². The number of rotatable bonds is 1. The molecular weight excluding hydrogens is 231 g/mol. The van der Waals surface area contributed by atoms with E-state index in [0.717, 1.165) is 0 Å². The molecule has 0 saturated carbocycles. The lowest BCUT2D eigenvalue weighted by molar-refractivity contribution is -0.121. The molecular formula is C11H10ClFN2O. The van der Waals surface area contributed by atoms with Crippen LogP contribution < -0.4 is 10.6 Å². The van der Waals surface area contributed by atoms with E-state index < -0.39 is 11.9 Å². The fourth-order valence-electron chi connectivity index (χ4n) is 1.60. The minimum atomic E-state index is -0.482. The fourth-order valence-corrected chi connectivity index (χ4v) is 1.82. The third kappa shape index (κ3) is 2.02. The third-order valence-corrected chi connectivity index (χ3v) is 2.74. The highest BCUT2D eigenvalue weighted by Gasteiger charge is 2.24. The summed E-state index contributed by atoms with van der Waals surface area (Å²) in [5, 5.41) is 5.94. The van der Waals surface area contributed by atoms with Crippen molar-refractivity contribution in [2.45, 2.75) is 6.04 Å². The van der Waals surface area contributed by atoms with Crippen LogP contribution in [0.4, 0.5) is 4.39 Å². The number of hydrogen-bond donors (Lipinski definition) is 2. The molecule has 1 heterocycles.